The largest absolute Gasteiger partial charge is 0.496 e. The average Bonchev–Trinajstić information content (AvgIpc) is 3.11. The van der Waals surface area contributed by atoms with Gasteiger partial charge in [-0.05, 0) is 60.7 Å². The van der Waals surface area contributed by atoms with Crippen LogP contribution in [0.4, 0.5) is 0 Å². The Labute approximate surface area is 275 Å². The summed E-state index contributed by atoms with van der Waals surface area (Å²) in [6.45, 7) is 0. The van der Waals surface area contributed by atoms with Gasteiger partial charge in [-0.1, -0.05) is 83.9 Å². The van der Waals surface area contributed by atoms with Crippen LogP contribution in [0.15, 0.2) is 121 Å². The number of methoxy groups -OCH3 is 2. The second-order valence-corrected chi connectivity index (χ2v) is 11.3. The first-order valence-corrected chi connectivity index (χ1v) is 15.3. The Kier molecular flexibility index (Phi) is 8.06. The van der Waals surface area contributed by atoms with E-state index in [9.17, 15) is 0 Å². The number of aromatic nitrogens is 4. The van der Waals surface area contributed by atoms with E-state index < -0.39 is 0 Å². The van der Waals surface area contributed by atoms with E-state index in [1.807, 2.05) is 109 Å². The second-order valence-electron chi connectivity index (χ2n) is 10.5. The molecular formula is C38H26Cl2N4O2. The maximum atomic E-state index is 6.06. The van der Waals surface area contributed by atoms with Crippen LogP contribution in [0.1, 0.15) is 0 Å². The number of rotatable bonds is 4. The fraction of sp³-hybridized carbons (Fsp3) is 0.0526. The van der Waals surface area contributed by atoms with Gasteiger partial charge in [0, 0.05) is 32.7 Å². The summed E-state index contributed by atoms with van der Waals surface area (Å²) in [5.41, 5.74) is 6.92. The standard InChI is InChI=1S/2C19H13ClN2O/c2*1-23-16-5-3-2-4-14(16)15-10-8-12-6-7-13-9-11-17(20)22-19(13)18(12)21-15/h2*2-11H,1H3. The summed E-state index contributed by atoms with van der Waals surface area (Å²) in [6, 6.07) is 39.4. The first-order chi connectivity index (χ1) is 22.5. The molecule has 0 aliphatic rings. The van der Waals surface area contributed by atoms with E-state index in [1.54, 1.807) is 26.4 Å². The van der Waals surface area contributed by atoms with Crippen molar-refractivity contribution in [3.05, 3.63) is 132 Å². The van der Waals surface area contributed by atoms with Crippen LogP contribution in [0.3, 0.4) is 0 Å². The Hall–Kier alpha value is -5.30. The lowest BCUT2D eigenvalue weighted by Crippen LogP contribution is -1.92. The Morgan fingerprint density at radius 3 is 1.11 bits per heavy atom. The van der Waals surface area contributed by atoms with E-state index in [0.29, 0.717) is 10.3 Å². The highest BCUT2D eigenvalue weighted by Crippen LogP contribution is 2.33. The van der Waals surface area contributed by atoms with Gasteiger partial charge in [0.1, 0.15) is 21.8 Å². The van der Waals surface area contributed by atoms with Gasteiger partial charge in [0.15, 0.2) is 0 Å². The third-order valence-corrected chi connectivity index (χ3v) is 8.16. The molecule has 0 spiro atoms. The van der Waals surface area contributed by atoms with E-state index in [-0.39, 0.29) is 0 Å². The molecule has 0 atom stereocenters. The van der Waals surface area contributed by atoms with Crippen LogP contribution in [0, 0.1) is 0 Å². The number of halogens is 2. The number of pyridine rings is 4. The molecule has 0 N–H and O–H groups in total. The second kappa shape index (κ2) is 12.6. The van der Waals surface area contributed by atoms with Crippen molar-refractivity contribution in [1.29, 1.82) is 0 Å². The van der Waals surface area contributed by atoms with Crippen molar-refractivity contribution in [2.24, 2.45) is 0 Å². The van der Waals surface area contributed by atoms with Gasteiger partial charge >= 0.3 is 0 Å². The van der Waals surface area contributed by atoms with Gasteiger partial charge in [-0.2, -0.15) is 0 Å². The molecule has 0 saturated heterocycles. The van der Waals surface area contributed by atoms with Gasteiger partial charge in [-0.25, -0.2) is 19.9 Å². The lowest BCUT2D eigenvalue weighted by Gasteiger charge is -2.09. The van der Waals surface area contributed by atoms with E-state index in [2.05, 4.69) is 9.97 Å². The molecule has 0 bridgehead atoms. The number of hydrogen-bond acceptors (Lipinski definition) is 6. The molecular weight excluding hydrogens is 615 g/mol. The Morgan fingerprint density at radius 2 is 0.717 bits per heavy atom. The van der Waals surface area contributed by atoms with Crippen molar-refractivity contribution in [2.75, 3.05) is 14.2 Å². The third kappa shape index (κ3) is 5.65. The lowest BCUT2D eigenvalue weighted by atomic mass is 10.1. The van der Waals surface area contributed by atoms with Gasteiger partial charge in [-0.15, -0.1) is 0 Å². The molecule has 0 aliphatic heterocycles. The van der Waals surface area contributed by atoms with Crippen molar-refractivity contribution in [1.82, 2.24) is 19.9 Å². The van der Waals surface area contributed by atoms with Crippen molar-refractivity contribution < 1.29 is 9.47 Å². The molecule has 8 aromatic rings. The van der Waals surface area contributed by atoms with Crippen LogP contribution in [0.2, 0.25) is 10.3 Å². The summed E-state index contributed by atoms with van der Waals surface area (Å²) in [6.07, 6.45) is 0. The summed E-state index contributed by atoms with van der Waals surface area (Å²) >= 11 is 12.1. The minimum absolute atomic E-state index is 0.467. The quantitative estimate of drug-likeness (QED) is 0.141. The molecule has 8 rings (SSSR count). The predicted octanol–water partition coefficient (Wildman–Crippen LogP) is 10.2. The van der Waals surface area contributed by atoms with Crippen LogP contribution in [0.5, 0.6) is 11.5 Å². The summed E-state index contributed by atoms with van der Waals surface area (Å²) in [5.74, 6) is 1.59. The highest BCUT2D eigenvalue weighted by Gasteiger charge is 2.11. The molecule has 0 unspecified atom stereocenters. The molecule has 4 aromatic carbocycles. The number of hydrogen-bond donors (Lipinski definition) is 0. The molecule has 0 saturated carbocycles. The van der Waals surface area contributed by atoms with Crippen molar-refractivity contribution in [3.8, 4) is 34.0 Å². The summed E-state index contributed by atoms with van der Waals surface area (Å²) < 4.78 is 10.9. The maximum Gasteiger partial charge on any atom is 0.129 e. The fourth-order valence-electron chi connectivity index (χ4n) is 5.50. The minimum atomic E-state index is 0.467. The lowest BCUT2D eigenvalue weighted by molar-refractivity contribution is 0.416. The number of para-hydroxylation sites is 2. The number of ether oxygens (including phenoxy) is 2. The topological polar surface area (TPSA) is 70.0 Å². The molecule has 224 valence electrons. The van der Waals surface area contributed by atoms with Crippen molar-refractivity contribution in [3.63, 3.8) is 0 Å². The molecule has 0 radical (unpaired) electrons. The zero-order valence-corrected chi connectivity index (χ0v) is 26.4. The normalized spacial score (nSPS) is 11.0. The van der Waals surface area contributed by atoms with Gasteiger partial charge in [-0.3, -0.25) is 0 Å². The smallest absolute Gasteiger partial charge is 0.129 e. The van der Waals surface area contributed by atoms with Crippen LogP contribution in [-0.4, -0.2) is 34.2 Å². The van der Waals surface area contributed by atoms with Crippen LogP contribution < -0.4 is 9.47 Å². The predicted molar refractivity (Wildman–Crippen MR) is 188 cm³/mol. The molecule has 6 nitrogen and oxygen atoms in total. The summed E-state index contributed by atoms with van der Waals surface area (Å²) in [4.78, 5) is 18.6. The highest BCUT2D eigenvalue weighted by atomic mass is 35.5. The van der Waals surface area contributed by atoms with Crippen molar-refractivity contribution in [2.45, 2.75) is 0 Å². The van der Waals surface area contributed by atoms with E-state index in [0.717, 1.165) is 77.6 Å². The first kappa shape index (κ1) is 29.4. The van der Waals surface area contributed by atoms with Crippen LogP contribution in [-0.2, 0) is 0 Å². The first-order valence-electron chi connectivity index (χ1n) is 14.5. The summed E-state index contributed by atoms with van der Waals surface area (Å²) in [7, 11) is 3.33. The van der Waals surface area contributed by atoms with E-state index in [4.69, 9.17) is 42.6 Å². The van der Waals surface area contributed by atoms with Gasteiger partial charge in [0.25, 0.3) is 0 Å². The zero-order valence-electron chi connectivity index (χ0n) is 24.9. The van der Waals surface area contributed by atoms with Crippen molar-refractivity contribution >= 4 is 66.8 Å². The molecule has 0 fully saturated rings. The zero-order chi connectivity index (χ0) is 31.6. The Morgan fingerprint density at radius 1 is 0.391 bits per heavy atom. The van der Waals surface area contributed by atoms with Gasteiger partial charge < -0.3 is 9.47 Å². The fourth-order valence-corrected chi connectivity index (χ4v) is 5.80. The summed E-state index contributed by atoms with van der Waals surface area (Å²) in [5, 5.41) is 5.04. The average molecular weight is 642 g/mol. The number of nitrogens with zero attached hydrogens (tertiary/aromatic N) is 4. The third-order valence-electron chi connectivity index (χ3n) is 7.74. The monoisotopic (exact) mass is 640 g/mol. The van der Waals surface area contributed by atoms with E-state index >= 15 is 0 Å². The number of fused-ring (bicyclic) bond motifs is 6. The molecule has 0 aliphatic carbocycles. The molecule has 0 amide bonds. The van der Waals surface area contributed by atoms with Crippen LogP contribution in [0.25, 0.3) is 66.1 Å². The molecule has 4 heterocycles. The molecule has 4 aromatic heterocycles. The Bertz CT molecular complexity index is 2230. The highest BCUT2D eigenvalue weighted by molar-refractivity contribution is 6.30. The molecule has 8 heteroatoms. The SMILES string of the molecule is COc1ccccc1-c1ccc2ccc3ccc(Cl)nc3c2n1.COc1ccccc1-c1ccc2ccc3ccc(Cl)nc3c2n1. The minimum Gasteiger partial charge on any atom is -0.496 e. The number of benzene rings is 4. The van der Waals surface area contributed by atoms with Gasteiger partial charge in [0.2, 0.25) is 0 Å². The molecule has 46 heavy (non-hydrogen) atoms. The van der Waals surface area contributed by atoms with Gasteiger partial charge in [0.05, 0.1) is 47.7 Å². The maximum absolute atomic E-state index is 6.06. The Balaban J connectivity index is 0.000000147. The van der Waals surface area contributed by atoms with E-state index in [1.165, 1.54) is 0 Å². The van der Waals surface area contributed by atoms with Crippen LogP contribution >= 0.6 is 23.2 Å².